The second kappa shape index (κ2) is 9.50. The molecule has 0 aliphatic heterocycles. The zero-order chi connectivity index (χ0) is 17.4. The molecular weight excluding hydrogens is 300 g/mol. The molecule has 0 bridgehead atoms. The van der Waals surface area contributed by atoms with Gasteiger partial charge in [-0.15, -0.1) is 0 Å². The molecule has 2 unspecified atom stereocenters. The van der Waals surface area contributed by atoms with Crippen molar-refractivity contribution >= 4 is 0 Å². The Kier molecular flexibility index (Phi) is 7.35. The highest BCUT2D eigenvalue weighted by molar-refractivity contribution is 5.54. The first-order valence-corrected chi connectivity index (χ1v) is 8.94. The average molecular weight is 328 g/mol. The van der Waals surface area contributed by atoms with Gasteiger partial charge in [0.1, 0.15) is 0 Å². The van der Waals surface area contributed by atoms with E-state index in [2.05, 4.69) is 23.8 Å². The van der Waals surface area contributed by atoms with Gasteiger partial charge in [-0.2, -0.15) is 0 Å². The maximum Gasteiger partial charge on any atom is 0.0886 e. The lowest BCUT2D eigenvalue weighted by molar-refractivity contribution is 0.163. The Morgan fingerprint density at radius 1 is 0.750 bits per heavy atom. The Balaban J connectivity index is 2.03. The molecule has 0 aromatic carbocycles. The van der Waals surface area contributed by atoms with Gasteiger partial charge in [-0.25, -0.2) is 0 Å². The first-order chi connectivity index (χ1) is 11.7. The Morgan fingerprint density at radius 3 is 1.46 bits per heavy atom. The minimum Gasteiger partial charge on any atom is -0.388 e. The number of nitrogens with zero attached hydrogens (tertiary/aromatic N) is 2. The molecule has 2 aromatic rings. The lowest BCUT2D eigenvalue weighted by atomic mass is 10.0. The highest BCUT2D eigenvalue weighted by Gasteiger charge is 2.10. The molecule has 0 saturated heterocycles. The summed E-state index contributed by atoms with van der Waals surface area (Å²) in [6, 6.07) is 7.60. The van der Waals surface area contributed by atoms with E-state index in [1.54, 1.807) is 12.4 Å². The molecular formula is C20H28N2O2. The average Bonchev–Trinajstić information content (AvgIpc) is 2.64. The molecule has 2 rings (SSSR count). The van der Waals surface area contributed by atoms with Gasteiger partial charge in [0.25, 0.3) is 0 Å². The van der Waals surface area contributed by atoms with Gasteiger partial charge in [0.15, 0.2) is 0 Å². The molecule has 4 nitrogen and oxygen atoms in total. The van der Waals surface area contributed by atoms with Crippen LogP contribution in [0.2, 0.25) is 0 Å². The van der Waals surface area contributed by atoms with Gasteiger partial charge < -0.3 is 10.2 Å². The Hall–Kier alpha value is -1.78. The van der Waals surface area contributed by atoms with Crippen LogP contribution in [-0.2, 0) is 0 Å². The fraction of sp³-hybridized carbons (Fsp3) is 0.500. The van der Waals surface area contributed by atoms with E-state index in [9.17, 15) is 10.2 Å². The summed E-state index contributed by atoms with van der Waals surface area (Å²) in [5, 5.41) is 20.2. The van der Waals surface area contributed by atoms with Crippen LogP contribution < -0.4 is 0 Å². The van der Waals surface area contributed by atoms with E-state index in [1.807, 2.05) is 24.3 Å². The van der Waals surface area contributed by atoms with Crippen LogP contribution >= 0.6 is 0 Å². The standard InChI is InChI=1S/C20H28N2O2/c1-3-5-7-19(23)15-9-11-17(21-13-15)18-12-10-16(14-22-18)20(24)8-6-4-2/h9-14,19-20,23-24H,3-8H2,1-2H3. The summed E-state index contributed by atoms with van der Waals surface area (Å²) in [5.41, 5.74) is 3.24. The number of unbranched alkanes of at least 4 members (excludes halogenated alkanes) is 2. The molecule has 0 aliphatic carbocycles. The summed E-state index contributed by atoms with van der Waals surface area (Å²) in [5.74, 6) is 0. The van der Waals surface area contributed by atoms with Crippen LogP contribution in [0.25, 0.3) is 11.4 Å². The molecule has 0 fully saturated rings. The third kappa shape index (κ3) is 5.11. The molecule has 2 heterocycles. The van der Waals surface area contributed by atoms with Gasteiger partial charge in [0, 0.05) is 12.4 Å². The van der Waals surface area contributed by atoms with Gasteiger partial charge in [0.2, 0.25) is 0 Å². The third-order valence-corrected chi connectivity index (χ3v) is 4.27. The molecule has 130 valence electrons. The van der Waals surface area contributed by atoms with E-state index >= 15 is 0 Å². The molecule has 2 atom stereocenters. The quantitative estimate of drug-likeness (QED) is 0.706. The molecule has 0 radical (unpaired) electrons. The second-order valence-corrected chi connectivity index (χ2v) is 6.27. The van der Waals surface area contributed by atoms with Crippen LogP contribution in [0, 0.1) is 0 Å². The molecule has 2 aromatic heterocycles. The Labute approximate surface area is 144 Å². The Morgan fingerprint density at radius 2 is 1.17 bits per heavy atom. The normalized spacial score (nSPS) is 13.7. The number of hydrogen-bond donors (Lipinski definition) is 2. The third-order valence-electron chi connectivity index (χ3n) is 4.27. The van der Waals surface area contributed by atoms with E-state index in [0.29, 0.717) is 0 Å². The molecule has 24 heavy (non-hydrogen) atoms. The summed E-state index contributed by atoms with van der Waals surface area (Å²) < 4.78 is 0. The highest BCUT2D eigenvalue weighted by atomic mass is 16.3. The highest BCUT2D eigenvalue weighted by Crippen LogP contribution is 2.23. The van der Waals surface area contributed by atoms with Crippen molar-refractivity contribution in [1.82, 2.24) is 9.97 Å². The first kappa shape index (κ1) is 18.6. The van der Waals surface area contributed by atoms with Crippen molar-refractivity contribution in [1.29, 1.82) is 0 Å². The molecule has 0 spiro atoms. The zero-order valence-corrected chi connectivity index (χ0v) is 14.7. The summed E-state index contributed by atoms with van der Waals surface area (Å²) in [7, 11) is 0. The number of aliphatic hydroxyl groups is 2. The maximum atomic E-state index is 10.1. The number of aliphatic hydroxyl groups excluding tert-OH is 2. The fourth-order valence-electron chi connectivity index (χ4n) is 2.64. The number of rotatable bonds is 9. The summed E-state index contributed by atoms with van der Waals surface area (Å²) in [6.07, 6.45) is 8.24. The first-order valence-electron chi connectivity index (χ1n) is 8.94. The smallest absolute Gasteiger partial charge is 0.0886 e. The Bertz CT molecular complexity index is 541. The van der Waals surface area contributed by atoms with Crippen LogP contribution in [0.4, 0.5) is 0 Å². The van der Waals surface area contributed by atoms with E-state index in [0.717, 1.165) is 61.0 Å². The molecule has 4 heteroatoms. The van der Waals surface area contributed by atoms with Crippen molar-refractivity contribution < 1.29 is 10.2 Å². The number of hydrogen-bond acceptors (Lipinski definition) is 4. The number of pyridine rings is 2. The van der Waals surface area contributed by atoms with Gasteiger partial charge >= 0.3 is 0 Å². The van der Waals surface area contributed by atoms with Gasteiger partial charge in [-0.05, 0) is 36.1 Å². The van der Waals surface area contributed by atoms with Crippen LogP contribution in [0.1, 0.15) is 75.7 Å². The largest absolute Gasteiger partial charge is 0.388 e. The van der Waals surface area contributed by atoms with Crippen molar-refractivity contribution in [3.05, 3.63) is 47.8 Å². The van der Waals surface area contributed by atoms with Crippen LogP contribution in [0.15, 0.2) is 36.7 Å². The molecule has 2 N–H and O–H groups in total. The number of aromatic nitrogens is 2. The van der Waals surface area contributed by atoms with Crippen LogP contribution in [-0.4, -0.2) is 20.2 Å². The summed E-state index contributed by atoms with van der Waals surface area (Å²) in [4.78, 5) is 8.83. The lowest BCUT2D eigenvalue weighted by Gasteiger charge is -2.11. The fourth-order valence-corrected chi connectivity index (χ4v) is 2.64. The van der Waals surface area contributed by atoms with Crippen molar-refractivity contribution in [2.45, 2.75) is 64.6 Å². The summed E-state index contributed by atoms with van der Waals surface area (Å²) in [6.45, 7) is 4.23. The van der Waals surface area contributed by atoms with Crippen molar-refractivity contribution in [2.24, 2.45) is 0 Å². The van der Waals surface area contributed by atoms with Crippen molar-refractivity contribution in [3.8, 4) is 11.4 Å². The van der Waals surface area contributed by atoms with E-state index in [-0.39, 0.29) is 0 Å². The van der Waals surface area contributed by atoms with Gasteiger partial charge in [-0.1, -0.05) is 51.7 Å². The van der Waals surface area contributed by atoms with Crippen LogP contribution in [0.5, 0.6) is 0 Å². The molecule has 0 amide bonds. The van der Waals surface area contributed by atoms with Gasteiger partial charge in [-0.3, -0.25) is 9.97 Å². The van der Waals surface area contributed by atoms with E-state index in [1.165, 1.54) is 0 Å². The minimum absolute atomic E-state index is 0.449. The predicted molar refractivity (Wildman–Crippen MR) is 96.4 cm³/mol. The van der Waals surface area contributed by atoms with Gasteiger partial charge in [0.05, 0.1) is 23.6 Å². The maximum absolute atomic E-state index is 10.1. The lowest BCUT2D eigenvalue weighted by Crippen LogP contribution is -2.00. The zero-order valence-electron chi connectivity index (χ0n) is 14.7. The summed E-state index contributed by atoms with van der Waals surface area (Å²) >= 11 is 0. The molecule has 0 aliphatic rings. The minimum atomic E-state index is -0.449. The SMILES string of the molecule is CCCCC(O)c1ccc(-c2ccc(C(O)CCCC)cn2)nc1. The van der Waals surface area contributed by atoms with E-state index < -0.39 is 12.2 Å². The van der Waals surface area contributed by atoms with Crippen molar-refractivity contribution in [3.63, 3.8) is 0 Å². The topological polar surface area (TPSA) is 66.2 Å². The van der Waals surface area contributed by atoms with Crippen molar-refractivity contribution in [2.75, 3.05) is 0 Å². The second-order valence-electron chi connectivity index (χ2n) is 6.27. The monoisotopic (exact) mass is 328 g/mol. The predicted octanol–water partition coefficient (Wildman–Crippen LogP) is 4.59. The van der Waals surface area contributed by atoms with E-state index in [4.69, 9.17) is 0 Å². The molecule has 0 saturated carbocycles. The van der Waals surface area contributed by atoms with Crippen LogP contribution in [0.3, 0.4) is 0 Å².